The van der Waals surface area contributed by atoms with Gasteiger partial charge in [0.25, 0.3) is 0 Å². The first-order valence-corrected chi connectivity index (χ1v) is 13.0. The summed E-state index contributed by atoms with van der Waals surface area (Å²) in [7, 11) is -2.47. The minimum atomic E-state index is -4.01. The molecule has 0 aliphatic carbocycles. The highest BCUT2D eigenvalue weighted by molar-refractivity contribution is 7.89. The highest BCUT2D eigenvalue weighted by Gasteiger charge is 2.32. The van der Waals surface area contributed by atoms with Gasteiger partial charge in [0.15, 0.2) is 5.96 Å². The lowest BCUT2D eigenvalue weighted by molar-refractivity contribution is -0.136. The third-order valence-electron chi connectivity index (χ3n) is 6.25. The molecule has 11 heteroatoms. The van der Waals surface area contributed by atoms with E-state index in [2.05, 4.69) is 9.71 Å². The molecule has 0 spiro atoms. The van der Waals surface area contributed by atoms with E-state index in [9.17, 15) is 18.0 Å². The number of sulfonamides is 1. The second-order valence-corrected chi connectivity index (χ2v) is 10.4. The summed E-state index contributed by atoms with van der Waals surface area (Å²) >= 11 is 0. The van der Waals surface area contributed by atoms with Crippen molar-refractivity contribution >= 4 is 38.4 Å². The van der Waals surface area contributed by atoms with Crippen molar-refractivity contribution in [1.29, 1.82) is 0 Å². The number of likely N-dealkylation sites (tertiary alicyclic amines) is 1. The number of rotatable bonds is 10. The number of nitrogens with zero attached hydrogens (tertiary/aromatic N) is 2. The highest BCUT2D eigenvalue weighted by Crippen LogP contribution is 2.25. The fraction of sp³-hybridized carbons (Fsp3) is 0.458. The van der Waals surface area contributed by atoms with Crippen molar-refractivity contribution in [2.75, 3.05) is 26.7 Å². The summed E-state index contributed by atoms with van der Waals surface area (Å²) in [5, 5.41) is 1.57. The van der Waals surface area contributed by atoms with Crippen LogP contribution < -0.4 is 20.9 Å². The first-order valence-electron chi connectivity index (χ1n) is 11.6. The number of hydrogen-bond acceptors (Lipinski definition) is 6. The van der Waals surface area contributed by atoms with Crippen LogP contribution in [0.3, 0.4) is 0 Å². The number of Topliss-reactive ketones (excluding diaryl/α,β-unsaturated/α-hetero) is 1. The molecule has 190 valence electrons. The van der Waals surface area contributed by atoms with E-state index >= 15 is 0 Å². The van der Waals surface area contributed by atoms with Gasteiger partial charge >= 0.3 is 0 Å². The molecule has 0 unspecified atom stereocenters. The molecule has 1 atom stereocenters. The van der Waals surface area contributed by atoms with Gasteiger partial charge in [0, 0.05) is 25.6 Å². The molecule has 0 saturated carbocycles. The van der Waals surface area contributed by atoms with Crippen molar-refractivity contribution < 1.29 is 22.7 Å². The number of carbonyl (C=O) groups is 2. The van der Waals surface area contributed by atoms with E-state index in [0.717, 1.165) is 5.39 Å². The molecule has 3 rings (SSSR count). The third kappa shape index (κ3) is 6.92. The molecule has 1 aliphatic rings. The third-order valence-corrected chi connectivity index (χ3v) is 7.72. The van der Waals surface area contributed by atoms with Crippen molar-refractivity contribution in [1.82, 2.24) is 9.62 Å². The number of nitrogens with two attached hydrogens (primary N) is 2. The lowest BCUT2D eigenvalue weighted by Gasteiger charge is -2.33. The van der Waals surface area contributed by atoms with Crippen LogP contribution in [-0.2, 0) is 19.6 Å². The van der Waals surface area contributed by atoms with Gasteiger partial charge in [-0.3, -0.25) is 14.6 Å². The normalized spacial score (nSPS) is 15.5. The van der Waals surface area contributed by atoms with Crippen molar-refractivity contribution in [3.63, 3.8) is 0 Å². The zero-order valence-electron chi connectivity index (χ0n) is 20.1. The maximum absolute atomic E-state index is 13.3. The molecule has 0 radical (unpaired) electrons. The first-order chi connectivity index (χ1) is 16.6. The molecule has 2 aromatic carbocycles. The fourth-order valence-corrected chi connectivity index (χ4v) is 5.47. The van der Waals surface area contributed by atoms with E-state index in [1.807, 2.05) is 6.07 Å². The van der Waals surface area contributed by atoms with Crippen LogP contribution in [0.1, 0.15) is 32.6 Å². The predicted octanol–water partition coefficient (Wildman–Crippen LogP) is 1.38. The van der Waals surface area contributed by atoms with Crippen molar-refractivity contribution in [3.8, 4) is 5.75 Å². The molecule has 0 bridgehead atoms. The van der Waals surface area contributed by atoms with E-state index in [1.54, 1.807) is 43.2 Å². The SMILES string of the molecule is COc1ccc2ccc(S(=O)(=O)N[C@@H](CCCN=C(N)N)C(=O)N3CCC(C(C)=O)CC3)cc2c1. The van der Waals surface area contributed by atoms with Gasteiger partial charge in [-0.05, 0) is 67.6 Å². The molecular formula is C24H33N5O5S. The Bertz CT molecular complexity index is 1200. The number of carbonyl (C=O) groups excluding carboxylic acids is 2. The van der Waals surface area contributed by atoms with E-state index in [1.165, 1.54) is 6.07 Å². The Morgan fingerprint density at radius 3 is 2.46 bits per heavy atom. The summed E-state index contributed by atoms with van der Waals surface area (Å²) in [5.41, 5.74) is 10.7. The number of nitrogens with one attached hydrogen (secondary N) is 1. The number of piperidine rings is 1. The average molecular weight is 504 g/mol. The zero-order chi connectivity index (χ0) is 25.6. The highest BCUT2D eigenvalue weighted by atomic mass is 32.2. The van der Waals surface area contributed by atoms with Gasteiger partial charge in [-0.1, -0.05) is 12.1 Å². The lowest BCUT2D eigenvalue weighted by atomic mass is 9.93. The standard InChI is InChI=1S/C24H33N5O5S/c1-16(30)17-9-12-29(13-10-17)23(31)22(4-3-11-27-24(25)26)28-35(32,33)21-8-6-18-5-7-20(34-2)14-19(18)15-21/h5-8,14-15,17,22,28H,3-4,9-13H2,1-2H3,(H4,25,26,27)/t22-/m0/s1. The van der Waals surface area contributed by atoms with Crippen molar-refractivity contribution in [2.45, 2.75) is 43.5 Å². The van der Waals surface area contributed by atoms with Crippen LogP contribution in [0.15, 0.2) is 46.3 Å². The number of benzene rings is 2. The van der Waals surface area contributed by atoms with Gasteiger partial charge < -0.3 is 21.1 Å². The second kappa shape index (κ2) is 11.5. The van der Waals surface area contributed by atoms with Crippen LogP contribution in [0.25, 0.3) is 10.8 Å². The minimum absolute atomic E-state index is 0.0514. The fourth-order valence-electron chi connectivity index (χ4n) is 4.22. The van der Waals surface area contributed by atoms with Crippen molar-refractivity contribution in [3.05, 3.63) is 36.4 Å². The Morgan fingerprint density at radius 1 is 1.14 bits per heavy atom. The topological polar surface area (TPSA) is 157 Å². The van der Waals surface area contributed by atoms with E-state index in [-0.39, 0.29) is 41.4 Å². The summed E-state index contributed by atoms with van der Waals surface area (Å²) in [6.45, 7) is 2.65. The van der Waals surface area contributed by atoms with Crippen LogP contribution in [0.4, 0.5) is 0 Å². The second-order valence-electron chi connectivity index (χ2n) is 8.71. The van der Waals surface area contributed by atoms with Gasteiger partial charge in [0.2, 0.25) is 15.9 Å². The van der Waals surface area contributed by atoms with Gasteiger partial charge in [-0.15, -0.1) is 0 Å². The molecule has 1 fully saturated rings. The zero-order valence-corrected chi connectivity index (χ0v) is 20.9. The van der Waals surface area contributed by atoms with Crippen LogP contribution in [-0.4, -0.2) is 63.8 Å². The Morgan fingerprint density at radius 2 is 1.83 bits per heavy atom. The van der Waals surface area contributed by atoms with Crippen molar-refractivity contribution in [2.24, 2.45) is 22.4 Å². The minimum Gasteiger partial charge on any atom is -0.497 e. The van der Waals surface area contributed by atoms with Gasteiger partial charge in [0.05, 0.1) is 12.0 Å². The summed E-state index contributed by atoms with van der Waals surface area (Å²) < 4.78 is 34.4. The number of hydrogen-bond donors (Lipinski definition) is 3. The van der Waals surface area contributed by atoms with Crippen LogP contribution in [0, 0.1) is 5.92 Å². The molecule has 1 heterocycles. The summed E-state index contributed by atoms with van der Waals surface area (Å²) in [6.07, 6.45) is 1.78. The quantitative estimate of drug-likeness (QED) is 0.251. The number of fused-ring (bicyclic) bond motifs is 1. The first kappa shape index (κ1) is 26.4. The molecule has 35 heavy (non-hydrogen) atoms. The van der Waals surface area contributed by atoms with Crippen LogP contribution in [0.5, 0.6) is 5.75 Å². The molecule has 1 aliphatic heterocycles. The van der Waals surface area contributed by atoms with E-state index < -0.39 is 16.1 Å². The number of ether oxygens (including phenoxy) is 1. The molecule has 1 saturated heterocycles. The number of ketones is 1. The van der Waals surface area contributed by atoms with Crippen LogP contribution in [0.2, 0.25) is 0 Å². The number of guanidine groups is 1. The predicted molar refractivity (Wildman–Crippen MR) is 135 cm³/mol. The average Bonchev–Trinajstić information content (AvgIpc) is 2.84. The lowest BCUT2D eigenvalue weighted by Crippen LogP contribution is -2.51. The van der Waals surface area contributed by atoms with Gasteiger partial charge in [-0.2, -0.15) is 4.72 Å². The molecule has 10 nitrogen and oxygen atoms in total. The summed E-state index contributed by atoms with van der Waals surface area (Å²) in [4.78, 5) is 30.6. The number of amides is 1. The van der Waals surface area contributed by atoms with Crippen LogP contribution >= 0.6 is 0 Å². The molecule has 5 N–H and O–H groups in total. The summed E-state index contributed by atoms with van der Waals surface area (Å²) in [5.74, 6) is 0.279. The van der Waals surface area contributed by atoms with Gasteiger partial charge in [-0.25, -0.2) is 8.42 Å². The Hall–Kier alpha value is -3.18. The largest absolute Gasteiger partial charge is 0.497 e. The Balaban J connectivity index is 1.81. The smallest absolute Gasteiger partial charge is 0.241 e. The number of aliphatic imine (C=N–C) groups is 1. The van der Waals surface area contributed by atoms with Gasteiger partial charge in [0.1, 0.15) is 17.6 Å². The Kier molecular flexibility index (Phi) is 8.68. The van der Waals surface area contributed by atoms with E-state index in [4.69, 9.17) is 16.2 Å². The van der Waals surface area contributed by atoms with E-state index in [0.29, 0.717) is 43.5 Å². The maximum Gasteiger partial charge on any atom is 0.241 e. The maximum atomic E-state index is 13.3. The molecule has 1 amide bonds. The Labute approximate surface area is 205 Å². The molecule has 0 aromatic heterocycles. The summed E-state index contributed by atoms with van der Waals surface area (Å²) in [6, 6.07) is 9.20. The monoisotopic (exact) mass is 503 g/mol. The number of methoxy groups -OCH3 is 1. The molecule has 2 aromatic rings. The molecular weight excluding hydrogens is 470 g/mol.